The number of hydrogen-bond donors (Lipinski definition) is 0. The van der Waals surface area contributed by atoms with Crippen molar-refractivity contribution in [3.05, 3.63) is 53.2 Å². The first-order valence-corrected chi connectivity index (χ1v) is 10.5. The highest BCUT2D eigenvalue weighted by molar-refractivity contribution is 7.90. The Morgan fingerprint density at radius 2 is 2.04 bits per heavy atom. The van der Waals surface area contributed by atoms with E-state index in [0.717, 1.165) is 5.75 Å². The molecule has 9 heteroatoms. The number of ether oxygens (including phenoxy) is 1. The zero-order valence-electron chi connectivity index (χ0n) is 14.8. The molecular formula is C18H20ClN3O4S. The molecule has 144 valence electrons. The van der Waals surface area contributed by atoms with Crippen LogP contribution in [0.4, 0.5) is 0 Å². The molecule has 0 bridgehead atoms. The Morgan fingerprint density at radius 1 is 1.30 bits per heavy atom. The van der Waals surface area contributed by atoms with Crippen molar-refractivity contribution < 1.29 is 17.9 Å². The third-order valence-electron chi connectivity index (χ3n) is 4.14. The quantitative estimate of drug-likeness (QED) is 0.672. The van der Waals surface area contributed by atoms with E-state index in [4.69, 9.17) is 16.3 Å². The Labute approximate surface area is 163 Å². The van der Waals surface area contributed by atoms with Gasteiger partial charge in [0.2, 0.25) is 0 Å². The molecule has 0 aliphatic carbocycles. The average molecular weight is 410 g/mol. The number of likely N-dealkylation sites (N-methyl/N-ethyl adjacent to an activating group) is 1. The van der Waals surface area contributed by atoms with E-state index in [1.807, 2.05) is 0 Å². The van der Waals surface area contributed by atoms with Crippen LogP contribution in [-0.4, -0.2) is 62.5 Å². The molecule has 0 aromatic heterocycles. The number of halogens is 1. The van der Waals surface area contributed by atoms with Gasteiger partial charge in [0, 0.05) is 31.4 Å². The van der Waals surface area contributed by atoms with Gasteiger partial charge in [-0.2, -0.15) is 0 Å². The summed E-state index contributed by atoms with van der Waals surface area (Å²) in [7, 11) is -1.67. The fourth-order valence-corrected chi connectivity index (χ4v) is 3.77. The maximum Gasteiger partial charge on any atom is 0.256 e. The van der Waals surface area contributed by atoms with E-state index in [2.05, 4.69) is 4.40 Å². The lowest BCUT2D eigenvalue weighted by Gasteiger charge is -2.28. The first kappa shape index (κ1) is 19.4. The lowest BCUT2D eigenvalue weighted by Crippen LogP contribution is -2.38. The number of hydrogen-bond acceptors (Lipinski definition) is 5. The standard InChI is InChI=1S/C18H20ClN3O4S/c1-21(9-2-11-26-16-6-4-15(19)5-7-16)18(23)14-3-8-17-20-27(24,25)12-10-22(17)13-14/h3-8,13H,2,9-12H2,1H3. The summed E-state index contributed by atoms with van der Waals surface area (Å²) in [5, 5.41) is 0.654. The van der Waals surface area contributed by atoms with Crippen molar-refractivity contribution in [1.29, 1.82) is 0 Å². The highest BCUT2D eigenvalue weighted by Crippen LogP contribution is 2.18. The molecule has 27 heavy (non-hydrogen) atoms. The van der Waals surface area contributed by atoms with Crippen LogP contribution in [0.1, 0.15) is 6.42 Å². The van der Waals surface area contributed by atoms with Crippen LogP contribution in [0.25, 0.3) is 0 Å². The third-order valence-corrected chi connectivity index (χ3v) is 5.55. The Bertz CT molecular complexity index is 907. The average Bonchev–Trinajstić information content (AvgIpc) is 2.65. The third kappa shape index (κ3) is 5.11. The molecule has 0 radical (unpaired) electrons. The molecule has 1 amide bonds. The van der Waals surface area contributed by atoms with Gasteiger partial charge in [0.05, 0.1) is 17.9 Å². The van der Waals surface area contributed by atoms with Crippen LogP contribution in [0.5, 0.6) is 5.75 Å². The van der Waals surface area contributed by atoms with E-state index in [1.54, 1.807) is 59.5 Å². The highest BCUT2D eigenvalue weighted by Gasteiger charge is 2.25. The van der Waals surface area contributed by atoms with Crippen LogP contribution in [0.3, 0.4) is 0 Å². The van der Waals surface area contributed by atoms with Crippen molar-refractivity contribution in [2.75, 3.05) is 32.5 Å². The normalized spacial score (nSPS) is 17.6. The number of carbonyl (C=O) groups excluding carboxylic acids is 1. The smallest absolute Gasteiger partial charge is 0.256 e. The first-order valence-electron chi connectivity index (χ1n) is 8.47. The maximum absolute atomic E-state index is 12.6. The number of nitrogens with zero attached hydrogens (tertiary/aromatic N) is 3. The zero-order chi connectivity index (χ0) is 19.4. The van der Waals surface area contributed by atoms with Crippen LogP contribution < -0.4 is 4.74 Å². The fraction of sp³-hybridized carbons (Fsp3) is 0.333. The first-order chi connectivity index (χ1) is 12.8. The minimum atomic E-state index is -3.40. The van der Waals surface area contributed by atoms with Crippen molar-refractivity contribution >= 4 is 33.4 Å². The van der Waals surface area contributed by atoms with Crippen molar-refractivity contribution in [2.45, 2.75) is 6.42 Å². The SMILES string of the molecule is CN(CCCOc1ccc(Cl)cc1)C(=O)C1=CN2CCS(=O)(=O)N=C2C=C1. The van der Waals surface area contributed by atoms with Crippen LogP contribution in [-0.2, 0) is 14.8 Å². The van der Waals surface area contributed by atoms with Crippen LogP contribution in [0, 0.1) is 0 Å². The lowest BCUT2D eigenvalue weighted by molar-refractivity contribution is -0.125. The van der Waals surface area contributed by atoms with Gasteiger partial charge in [0.1, 0.15) is 11.6 Å². The molecule has 0 saturated heterocycles. The Kier molecular flexibility index (Phi) is 5.86. The van der Waals surface area contributed by atoms with Crippen molar-refractivity contribution in [1.82, 2.24) is 9.80 Å². The minimum absolute atomic E-state index is 0.0554. The molecule has 3 rings (SSSR count). The summed E-state index contributed by atoms with van der Waals surface area (Å²) in [4.78, 5) is 15.9. The summed E-state index contributed by atoms with van der Waals surface area (Å²) in [5.74, 6) is 0.889. The van der Waals surface area contributed by atoms with E-state index in [9.17, 15) is 13.2 Å². The highest BCUT2D eigenvalue weighted by atomic mass is 35.5. The van der Waals surface area contributed by atoms with Gasteiger partial charge >= 0.3 is 0 Å². The number of amidine groups is 1. The topological polar surface area (TPSA) is 79.3 Å². The molecule has 2 aliphatic rings. The van der Waals surface area contributed by atoms with E-state index in [0.29, 0.717) is 42.5 Å². The van der Waals surface area contributed by atoms with Crippen LogP contribution >= 0.6 is 11.6 Å². The Morgan fingerprint density at radius 3 is 2.78 bits per heavy atom. The Balaban J connectivity index is 1.50. The summed E-state index contributed by atoms with van der Waals surface area (Å²) < 4.78 is 32.4. The van der Waals surface area contributed by atoms with Gasteiger partial charge in [-0.1, -0.05) is 11.6 Å². The molecule has 2 aliphatic heterocycles. The molecule has 0 spiro atoms. The van der Waals surface area contributed by atoms with Crippen molar-refractivity contribution in [2.24, 2.45) is 4.40 Å². The van der Waals surface area contributed by atoms with E-state index < -0.39 is 10.0 Å². The molecule has 0 atom stereocenters. The number of amides is 1. The van der Waals surface area contributed by atoms with Crippen LogP contribution in [0.15, 0.2) is 52.6 Å². The van der Waals surface area contributed by atoms with Crippen molar-refractivity contribution in [3.63, 3.8) is 0 Å². The largest absolute Gasteiger partial charge is 0.494 e. The van der Waals surface area contributed by atoms with Gasteiger partial charge in [0.15, 0.2) is 0 Å². The molecule has 1 aromatic rings. The predicted molar refractivity (Wildman–Crippen MR) is 104 cm³/mol. The van der Waals surface area contributed by atoms with Gasteiger partial charge in [-0.25, -0.2) is 8.42 Å². The molecule has 0 saturated carbocycles. The lowest BCUT2D eigenvalue weighted by atomic mass is 10.1. The predicted octanol–water partition coefficient (Wildman–Crippen LogP) is 2.06. The second-order valence-electron chi connectivity index (χ2n) is 6.23. The Hall–Kier alpha value is -2.32. The summed E-state index contributed by atoms with van der Waals surface area (Å²) in [6, 6.07) is 7.12. The van der Waals surface area contributed by atoms with E-state index >= 15 is 0 Å². The summed E-state index contributed by atoms with van der Waals surface area (Å²) >= 11 is 5.83. The number of rotatable bonds is 6. The number of benzene rings is 1. The van der Waals surface area contributed by atoms with Gasteiger partial charge in [-0.15, -0.1) is 4.40 Å². The molecule has 2 heterocycles. The molecule has 7 nitrogen and oxygen atoms in total. The maximum atomic E-state index is 12.6. The molecule has 0 unspecified atom stereocenters. The second kappa shape index (κ2) is 8.14. The number of carbonyl (C=O) groups is 1. The monoisotopic (exact) mass is 409 g/mol. The summed E-state index contributed by atoms with van der Waals surface area (Å²) in [6.45, 7) is 1.31. The summed E-state index contributed by atoms with van der Waals surface area (Å²) in [6.07, 6.45) is 5.48. The minimum Gasteiger partial charge on any atom is -0.494 e. The molecule has 0 fully saturated rings. The van der Waals surface area contributed by atoms with E-state index in [1.165, 1.54) is 0 Å². The molecular weight excluding hydrogens is 390 g/mol. The fourth-order valence-electron chi connectivity index (χ4n) is 2.67. The number of sulfonamides is 1. The molecule has 0 N–H and O–H groups in total. The second-order valence-corrected chi connectivity index (χ2v) is 8.42. The summed E-state index contributed by atoms with van der Waals surface area (Å²) in [5.41, 5.74) is 0.495. The van der Waals surface area contributed by atoms with Crippen LogP contribution in [0.2, 0.25) is 5.02 Å². The van der Waals surface area contributed by atoms with Gasteiger partial charge in [0.25, 0.3) is 15.9 Å². The van der Waals surface area contributed by atoms with Crippen molar-refractivity contribution in [3.8, 4) is 5.75 Å². The van der Waals surface area contributed by atoms with Gasteiger partial charge in [-0.05, 0) is 42.8 Å². The zero-order valence-corrected chi connectivity index (χ0v) is 16.4. The van der Waals surface area contributed by atoms with Gasteiger partial charge in [-0.3, -0.25) is 4.79 Å². The number of fused-ring (bicyclic) bond motifs is 1. The molecule has 1 aromatic carbocycles. The van der Waals surface area contributed by atoms with E-state index in [-0.39, 0.29) is 11.7 Å². The van der Waals surface area contributed by atoms with Gasteiger partial charge < -0.3 is 14.5 Å².